The van der Waals surface area contributed by atoms with Crippen molar-refractivity contribution < 1.29 is 9.72 Å². The summed E-state index contributed by atoms with van der Waals surface area (Å²) in [6, 6.07) is 13.8. The molecule has 2 aromatic rings. The lowest BCUT2D eigenvalue weighted by Crippen LogP contribution is -2.44. The van der Waals surface area contributed by atoms with Gasteiger partial charge in [-0.2, -0.15) is 0 Å². The molecule has 142 valence electrons. The first kappa shape index (κ1) is 20.3. The number of nitro groups is 1. The predicted octanol–water partition coefficient (Wildman–Crippen LogP) is 3.50. The molecule has 0 saturated heterocycles. The van der Waals surface area contributed by atoms with Crippen LogP contribution in [0.2, 0.25) is 0 Å². The molecule has 0 saturated carbocycles. The van der Waals surface area contributed by atoms with Crippen LogP contribution in [0.5, 0.6) is 0 Å². The highest BCUT2D eigenvalue weighted by Gasteiger charge is 2.07. The lowest BCUT2D eigenvalue weighted by Gasteiger charge is -2.12. The van der Waals surface area contributed by atoms with Gasteiger partial charge in [0.15, 0.2) is 5.11 Å². The molecule has 0 fully saturated rings. The van der Waals surface area contributed by atoms with Crippen LogP contribution in [0.25, 0.3) is 0 Å². The van der Waals surface area contributed by atoms with Crippen molar-refractivity contribution in [1.82, 2.24) is 10.9 Å². The second kappa shape index (κ2) is 10.2. The van der Waals surface area contributed by atoms with E-state index in [2.05, 4.69) is 23.1 Å². The highest BCUT2D eigenvalue weighted by molar-refractivity contribution is 7.80. The topological polar surface area (TPSA) is 96.3 Å². The fourth-order valence-electron chi connectivity index (χ4n) is 2.39. The molecule has 0 atom stereocenters. The van der Waals surface area contributed by atoms with E-state index in [0.717, 1.165) is 24.9 Å². The number of anilines is 1. The van der Waals surface area contributed by atoms with Gasteiger partial charge in [0.05, 0.1) is 11.3 Å². The molecule has 0 aliphatic rings. The SMILES string of the molecule is CCCCc1ccc(NC(=S)NNC(=O)Cc2ccc([N+](=O)[O-])cc2)cc1. The lowest BCUT2D eigenvalue weighted by atomic mass is 10.1. The summed E-state index contributed by atoms with van der Waals surface area (Å²) in [7, 11) is 0. The average Bonchev–Trinajstić information content (AvgIpc) is 2.66. The largest absolute Gasteiger partial charge is 0.331 e. The number of nitrogens with one attached hydrogen (secondary N) is 3. The molecule has 2 aromatic carbocycles. The summed E-state index contributed by atoms with van der Waals surface area (Å²) in [5.41, 5.74) is 7.91. The fraction of sp³-hybridized carbons (Fsp3) is 0.263. The molecule has 27 heavy (non-hydrogen) atoms. The smallest absolute Gasteiger partial charge is 0.269 e. The van der Waals surface area contributed by atoms with Crippen LogP contribution in [0.1, 0.15) is 30.9 Å². The Labute approximate surface area is 163 Å². The Morgan fingerprint density at radius 3 is 2.26 bits per heavy atom. The molecule has 0 bridgehead atoms. The number of non-ortho nitro benzene ring substituents is 1. The number of benzene rings is 2. The quantitative estimate of drug-likeness (QED) is 0.383. The van der Waals surface area contributed by atoms with Crippen molar-refractivity contribution >= 4 is 34.6 Å². The summed E-state index contributed by atoms with van der Waals surface area (Å²) in [5, 5.41) is 13.9. The van der Waals surface area contributed by atoms with Crippen LogP contribution >= 0.6 is 12.2 Å². The standard InChI is InChI=1S/C19H22N4O3S/c1-2-3-4-14-5-9-16(10-6-14)20-19(27)22-21-18(24)13-15-7-11-17(12-8-15)23(25)26/h5-12H,2-4,13H2,1H3,(H,21,24)(H2,20,22,27). The van der Waals surface area contributed by atoms with Gasteiger partial charge in [-0.05, 0) is 48.3 Å². The average molecular weight is 386 g/mol. The van der Waals surface area contributed by atoms with Gasteiger partial charge < -0.3 is 5.32 Å². The molecular weight excluding hydrogens is 364 g/mol. The number of nitrogens with zero attached hydrogens (tertiary/aromatic N) is 1. The van der Waals surface area contributed by atoms with E-state index < -0.39 is 4.92 Å². The van der Waals surface area contributed by atoms with E-state index in [1.165, 1.54) is 17.7 Å². The van der Waals surface area contributed by atoms with Crippen LogP contribution in [-0.2, 0) is 17.6 Å². The van der Waals surface area contributed by atoms with E-state index >= 15 is 0 Å². The van der Waals surface area contributed by atoms with Crippen molar-refractivity contribution in [3.63, 3.8) is 0 Å². The number of hydrogen-bond donors (Lipinski definition) is 3. The van der Waals surface area contributed by atoms with Gasteiger partial charge in [0, 0.05) is 17.8 Å². The minimum absolute atomic E-state index is 0.0108. The summed E-state index contributed by atoms with van der Waals surface area (Å²) >= 11 is 5.16. The minimum Gasteiger partial charge on any atom is -0.331 e. The van der Waals surface area contributed by atoms with Gasteiger partial charge in [-0.3, -0.25) is 25.8 Å². The number of carbonyl (C=O) groups excluding carboxylic acids is 1. The molecule has 1 amide bonds. The second-order valence-corrected chi connectivity index (χ2v) is 6.44. The van der Waals surface area contributed by atoms with Crippen LogP contribution in [0.4, 0.5) is 11.4 Å². The number of aryl methyl sites for hydroxylation is 1. The third-order valence-electron chi connectivity index (χ3n) is 3.86. The molecule has 0 heterocycles. The highest BCUT2D eigenvalue weighted by atomic mass is 32.1. The van der Waals surface area contributed by atoms with Crippen molar-refractivity contribution in [3.8, 4) is 0 Å². The van der Waals surface area contributed by atoms with E-state index in [1.54, 1.807) is 12.1 Å². The Hall–Kier alpha value is -3.00. The number of carbonyl (C=O) groups is 1. The molecule has 2 rings (SSSR count). The van der Waals surface area contributed by atoms with E-state index in [1.807, 2.05) is 24.3 Å². The normalized spacial score (nSPS) is 10.1. The Kier molecular flexibility index (Phi) is 7.69. The molecule has 0 aliphatic heterocycles. The maximum absolute atomic E-state index is 11.9. The van der Waals surface area contributed by atoms with E-state index in [-0.39, 0.29) is 23.1 Å². The number of thiocarbonyl (C=S) groups is 1. The molecule has 8 heteroatoms. The third kappa shape index (κ3) is 7.02. The van der Waals surface area contributed by atoms with Gasteiger partial charge in [0.1, 0.15) is 0 Å². The third-order valence-corrected chi connectivity index (χ3v) is 4.06. The van der Waals surface area contributed by atoms with Crippen molar-refractivity contribution in [2.45, 2.75) is 32.6 Å². The van der Waals surface area contributed by atoms with E-state index in [0.29, 0.717) is 5.56 Å². The maximum Gasteiger partial charge on any atom is 0.269 e. The van der Waals surface area contributed by atoms with Crippen LogP contribution < -0.4 is 16.2 Å². The Morgan fingerprint density at radius 1 is 1.04 bits per heavy atom. The number of hydrogen-bond acceptors (Lipinski definition) is 4. The van der Waals surface area contributed by atoms with Gasteiger partial charge in [0.25, 0.3) is 5.69 Å². The predicted molar refractivity (Wildman–Crippen MR) is 109 cm³/mol. The van der Waals surface area contributed by atoms with Crippen LogP contribution in [0, 0.1) is 10.1 Å². The van der Waals surface area contributed by atoms with E-state index in [9.17, 15) is 14.9 Å². The van der Waals surface area contributed by atoms with Crippen molar-refractivity contribution in [2.75, 3.05) is 5.32 Å². The highest BCUT2D eigenvalue weighted by Crippen LogP contribution is 2.13. The second-order valence-electron chi connectivity index (χ2n) is 6.03. The van der Waals surface area contributed by atoms with Crippen molar-refractivity contribution in [2.24, 2.45) is 0 Å². The summed E-state index contributed by atoms with van der Waals surface area (Å²) in [4.78, 5) is 22.1. The number of unbranched alkanes of at least 4 members (excludes halogenated alkanes) is 1. The first-order chi connectivity index (χ1) is 13.0. The first-order valence-corrected chi connectivity index (χ1v) is 9.07. The first-order valence-electron chi connectivity index (χ1n) is 8.66. The zero-order valence-corrected chi connectivity index (χ0v) is 15.8. The summed E-state index contributed by atoms with van der Waals surface area (Å²) < 4.78 is 0. The summed E-state index contributed by atoms with van der Waals surface area (Å²) in [5.74, 6) is -0.303. The number of hydrazine groups is 1. The molecule has 3 N–H and O–H groups in total. The number of rotatable bonds is 7. The van der Waals surface area contributed by atoms with E-state index in [4.69, 9.17) is 12.2 Å². The van der Waals surface area contributed by atoms with Gasteiger partial charge in [-0.1, -0.05) is 37.6 Å². The number of amides is 1. The summed E-state index contributed by atoms with van der Waals surface area (Å²) in [6.45, 7) is 2.16. The molecule has 0 spiro atoms. The van der Waals surface area contributed by atoms with Gasteiger partial charge in [-0.15, -0.1) is 0 Å². The number of nitro benzene ring substituents is 1. The van der Waals surface area contributed by atoms with Gasteiger partial charge >= 0.3 is 0 Å². The zero-order chi connectivity index (χ0) is 19.6. The monoisotopic (exact) mass is 386 g/mol. The fourth-order valence-corrected chi connectivity index (χ4v) is 2.56. The van der Waals surface area contributed by atoms with Gasteiger partial charge in [0.2, 0.25) is 5.91 Å². The van der Waals surface area contributed by atoms with Crippen LogP contribution in [0.3, 0.4) is 0 Å². The zero-order valence-electron chi connectivity index (χ0n) is 15.0. The van der Waals surface area contributed by atoms with Crippen molar-refractivity contribution in [3.05, 3.63) is 69.8 Å². The van der Waals surface area contributed by atoms with Crippen LogP contribution in [-0.4, -0.2) is 15.9 Å². The van der Waals surface area contributed by atoms with Crippen molar-refractivity contribution in [1.29, 1.82) is 0 Å². The Morgan fingerprint density at radius 2 is 1.67 bits per heavy atom. The van der Waals surface area contributed by atoms with Gasteiger partial charge in [-0.25, -0.2) is 0 Å². The minimum atomic E-state index is -0.480. The van der Waals surface area contributed by atoms with Crippen LogP contribution in [0.15, 0.2) is 48.5 Å². The molecule has 7 nitrogen and oxygen atoms in total. The Bertz CT molecular complexity index is 792. The molecular formula is C19H22N4O3S. The molecule has 0 aliphatic carbocycles. The Balaban J connectivity index is 1.75. The maximum atomic E-state index is 11.9. The summed E-state index contributed by atoms with van der Waals surface area (Å²) in [6.07, 6.45) is 3.46. The molecule has 0 aromatic heterocycles. The lowest BCUT2D eigenvalue weighted by molar-refractivity contribution is -0.384. The molecule has 0 unspecified atom stereocenters. The molecule has 0 radical (unpaired) electrons.